The topological polar surface area (TPSA) is 69.6 Å². The first-order valence-corrected chi connectivity index (χ1v) is 11.3. The molecular weight excluding hydrogens is 418 g/mol. The van der Waals surface area contributed by atoms with E-state index in [1.54, 1.807) is 7.11 Å². The predicted octanol–water partition coefficient (Wildman–Crippen LogP) is 3.99. The largest absolute Gasteiger partial charge is 0.504 e. The monoisotopic (exact) mass is 444 g/mol. The van der Waals surface area contributed by atoms with Crippen LogP contribution >= 0.6 is 0 Å². The maximum atomic E-state index is 11.0. The lowest BCUT2D eigenvalue weighted by Crippen LogP contribution is -2.40. The number of hydrogen-bond acceptors (Lipinski definition) is 5. The van der Waals surface area contributed by atoms with Crippen molar-refractivity contribution in [3.63, 3.8) is 0 Å². The molecule has 2 aliphatic heterocycles. The summed E-state index contributed by atoms with van der Waals surface area (Å²) in [6.07, 6.45) is 8.75. The first-order valence-electron chi connectivity index (χ1n) is 11.3. The molecule has 0 atom stereocenters. The molecule has 7 nitrogen and oxygen atoms in total. The average molecular weight is 445 g/mol. The van der Waals surface area contributed by atoms with Crippen molar-refractivity contribution in [2.24, 2.45) is 0 Å². The number of ether oxygens (including phenoxy) is 3. The smallest absolute Gasteiger partial charge is 0.231 e. The second kappa shape index (κ2) is 7.69. The van der Waals surface area contributed by atoms with Crippen molar-refractivity contribution in [1.29, 1.82) is 0 Å². The van der Waals surface area contributed by atoms with Crippen molar-refractivity contribution in [1.82, 2.24) is 9.55 Å². The van der Waals surface area contributed by atoms with Crippen LogP contribution < -0.4 is 18.8 Å². The van der Waals surface area contributed by atoms with Crippen LogP contribution in [0.4, 0.5) is 0 Å². The van der Waals surface area contributed by atoms with Gasteiger partial charge in [0.05, 0.1) is 18.1 Å². The zero-order chi connectivity index (χ0) is 22.5. The van der Waals surface area contributed by atoms with E-state index in [-0.39, 0.29) is 12.5 Å². The van der Waals surface area contributed by atoms with E-state index in [0.29, 0.717) is 12.3 Å². The number of phenols is 1. The molecule has 0 radical (unpaired) electrons. The van der Waals surface area contributed by atoms with Crippen molar-refractivity contribution >= 4 is 10.8 Å². The highest BCUT2D eigenvalue weighted by atomic mass is 16.7. The van der Waals surface area contributed by atoms with Crippen LogP contribution in [0.15, 0.2) is 42.9 Å². The number of pyridine rings is 1. The summed E-state index contributed by atoms with van der Waals surface area (Å²) in [5.41, 5.74) is 4.57. The van der Waals surface area contributed by atoms with Crippen LogP contribution in [0.25, 0.3) is 22.0 Å². The maximum Gasteiger partial charge on any atom is 0.231 e. The maximum absolute atomic E-state index is 11.0. The molecule has 1 N–H and O–H groups in total. The first kappa shape index (κ1) is 19.9. The Morgan fingerprint density at radius 2 is 2.00 bits per heavy atom. The fourth-order valence-corrected chi connectivity index (χ4v) is 4.98. The van der Waals surface area contributed by atoms with E-state index in [9.17, 15) is 5.11 Å². The van der Waals surface area contributed by atoms with Gasteiger partial charge in [0, 0.05) is 43.2 Å². The Labute approximate surface area is 191 Å². The number of rotatable bonds is 5. The molecule has 6 rings (SSSR count). The molecule has 4 aromatic rings. The molecule has 0 aliphatic carbocycles. The number of aromatic hydroxyl groups is 1. The fraction of sp³-hybridized carbons (Fsp3) is 0.308. The number of aromatic nitrogens is 3. The van der Waals surface area contributed by atoms with Gasteiger partial charge in [0.25, 0.3) is 0 Å². The van der Waals surface area contributed by atoms with Crippen molar-refractivity contribution in [2.75, 3.05) is 13.9 Å². The molecule has 0 amide bonds. The molecule has 168 valence electrons. The van der Waals surface area contributed by atoms with Crippen LogP contribution in [-0.4, -0.2) is 28.6 Å². The zero-order valence-corrected chi connectivity index (χ0v) is 18.8. The lowest BCUT2D eigenvalue weighted by Gasteiger charge is -2.18. The number of phenolic OH excluding ortho intramolecular Hbond substituents is 1. The second-order valence-corrected chi connectivity index (χ2v) is 8.60. The summed E-state index contributed by atoms with van der Waals surface area (Å²) in [5, 5.41) is 12.8. The Morgan fingerprint density at radius 1 is 1.15 bits per heavy atom. The molecular formula is C26H26N3O4+. The van der Waals surface area contributed by atoms with Crippen LogP contribution in [0.2, 0.25) is 0 Å². The Morgan fingerprint density at radius 3 is 2.82 bits per heavy atom. The molecule has 0 bridgehead atoms. The minimum atomic E-state index is 0.169. The number of nitrogens with zero attached hydrogens (tertiary/aromatic N) is 3. The lowest BCUT2D eigenvalue weighted by atomic mass is 9.94. The predicted molar refractivity (Wildman–Crippen MR) is 123 cm³/mol. The lowest BCUT2D eigenvalue weighted by molar-refractivity contribution is -0.686. The molecule has 7 heteroatoms. The molecule has 0 unspecified atom stereocenters. The minimum absolute atomic E-state index is 0.169. The molecule has 2 aromatic heterocycles. The summed E-state index contributed by atoms with van der Waals surface area (Å²) in [5.74, 6) is 3.30. The summed E-state index contributed by atoms with van der Waals surface area (Å²) in [4.78, 5) is 4.53. The van der Waals surface area contributed by atoms with E-state index in [0.717, 1.165) is 70.7 Å². The van der Waals surface area contributed by atoms with Crippen LogP contribution in [0, 0.1) is 0 Å². The summed E-state index contributed by atoms with van der Waals surface area (Å²) in [7, 11) is 1.59. The van der Waals surface area contributed by atoms with Crippen molar-refractivity contribution < 1.29 is 23.9 Å². The van der Waals surface area contributed by atoms with Gasteiger partial charge in [-0.15, -0.1) is 0 Å². The quantitative estimate of drug-likeness (QED) is 0.472. The highest BCUT2D eigenvalue weighted by Gasteiger charge is 2.29. The standard InChI is InChI=1S/C26H25N3O4/c1-3-4-25-27-6-8-29(25)13-17-10-24(31-2)26(30)20-14-28-7-5-16-9-22-23(33-15-32-22)12-19(16)21(28)11-18(17)20/h6,8-12,14H,3-5,7,13,15H2,1-2H3/p+1. The van der Waals surface area contributed by atoms with Crippen molar-refractivity contribution in [2.45, 2.75) is 39.3 Å². The van der Waals surface area contributed by atoms with Gasteiger partial charge in [0.2, 0.25) is 12.5 Å². The first-order chi connectivity index (χ1) is 16.2. The molecule has 0 spiro atoms. The van der Waals surface area contributed by atoms with E-state index < -0.39 is 0 Å². The molecule has 0 saturated heterocycles. The van der Waals surface area contributed by atoms with Gasteiger partial charge in [-0.3, -0.25) is 0 Å². The second-order valence-electron chi connectivity index (χ2n) is 8.60. The van der Waals surface area contributed by atoms with Gasteiger partial charge < -0.3 is 23.9 Å². The van der Waals surface area contributed by atoms with Gasteiger partial charge in [0.1, 0.15) is 5.82 Å². The number of hydrogen-bond donors (Lipinski definition) is 1. The van der Waals surface area contributed by atoms with Crippen molar-refractivity contribution in [3.05, 3.63) is 59.8 Å². The minimum Gasteiger partial charge on any atom is -0.504 e. The molecule has 2 aromatic carbocycles. The van der Waals surface area contributed by atoms with E-state index >= 15 is 0 Å². The third kappa shape index (κ3) is 3.18. The Kier molecular flexibility index (Phi) is 4.64. The number of imidazole rings is 1. The third-order valence-electron chi connectivity index (χ3n) is 6.64. The van der Waals surface area contributed by atoms with Crippen LogP contribution in [0.5, 0.6) is 23.0 Å². The van der Waals surface area contributed by atoms with E-state index in [2.05, 4.69) is 39.2 Å². The molecule has 4 heterocycles. The number of aryl methyl sites for hydroxylation is 3. The van der Waals surface area contributed by atoms with Crippen LogP contribution in [0.3, 0.4) is 0 Å². The van der Waals surface area contributed by atoms with Crippen LogP contribution in [0.1, 0.15) is 30.3 Å². The zero-order valence-electron chi connectivity index (χ0n) is 18.8. The van der Waals surface area contributed by atoms with Gasteiger partial charge in [-0.25, -0.2) is 4.98 Å². The molecule has 0 saturated carbocycles. The fourth-order valence-electron chi connectivity index (χ4n) is 4.98. The SMILES string of the molecule is CCCc1nccn1Cc1cc(OC)c(O)c2c[n+]3c(cc12)-c1cc2c(cc1CC3)OCO2. The number of benzene rings is 2. The Bertz CT molecular complexity index is 1390. The molecule has 2 aliphatic rings. The van der Waals surface area contributed by atoms with Crippen molar-refractivity contribution in [3.8, 4) is 34.3 Å². The van der Waals surface area contributed by atoms with Gasteiger partial charge in [-0.05, 0) is 35.7 Å². The van der Waals surface area contributed by atoms with E-state index in [1.807, 2.05) is 24.7 Å². The summed E-state index contributed by atoms with van der Waals surface area (Å²) < 4.78 is 21.1. The van der Waals surface area contributed by atoms with Gasteiger partial charge >= 0.3 is 0 Å². The highest BCUT2D eigenvalue weighted by Crippen LogP contribution is 2.42. The Hall–Kier alpha value is -3.74. The van der Waals surface area contributed by atoms with Crippen LogP contribution in [-0.2, 0) is 25.9 Å². The summed E-state index contributed by atoms with van der Waals surface area (Å²) >= 11 is 0. The molecule has 0 fully saturated rings. The highest BCUT2D eigenvalue weighted by molar-refractivity contribution is 5.94. The summed E-state index contributed by atoms with van der Waals surface area (Å²) in [6.45, 7) is 3.90. The van der Waals surface area contributed by atoms with Gasteiger partial charge in [0.15, 0.2) is 35.7 Å². The third-order valence-corrected chi connectivity index (χ3v) is 6.64. The number of methoxy groups -OCH3 is 1. The average Bonchev–Trinajstić information content (AvgIpc) is 3.47. The molecule has 33 heavy (non-hydrogen) atoms. The Balaban J connectivity index is 1.55. The van der Waals surface area contributed by atoms with Gasteiger partial charge in [-0.2, -0.15) is 4.57 Å². The normalized spacial score (nSPS) is 13.8. The van der Waals surface area contributed by atoms with Gasteiger partial charge in [-0.1, -0.05) is 6.92 Å². The van der Waals surface area contributed by atoms with E-state index in [4.69, 9.17) is 14.2 Å². The number of fused-ring (bicyclic) bond motifs is 5. The summed E-state index contributed by atoms with van der Waals surface area (Å²) in [6, 6.07) is 8.29. The van der Waals surface area contributed by atoms with E-state index in [1.165, 1.54) is 5.56 Å².